The smallest absolute Gasteiger partial charge is 0.259 e. The lowest BCUT2D eigenvalue weighted by atomic mass is 10.1. The first-order valence-electron chi connectivity index (χ1n) is 10.3. The van der Waals surface area contributed by atoms with Gasteiger partial charge in [0.15, 0.2) is 5.13 Å². The van der Waals surface area contributed by atoms with Crippen molar-refractivity contribution in [1.82, 2.24) is 15.3 Å². The highest BCUT2D eigenvalue weighted by Crippen LogP contribution is 2.27. The van der Waals surface area contributed by atoms with Crippen LogP contribution in [-0.2, 0) is 4.79 Å². The fourth-order valence-corrected chi connectivity index (χ4v) is 4.30. The molecule has 32 heavy (non-hydrogen) atoms. The third kappa shape index (κ3) is 4.68. The van der Waals surface area contributed by atoms with Crippen LogP contribution in [0.25, 0.3) is 22.2 Å². The van der Waals surface area contributed by atoms with Gasteiger partial charge in [0.05, 0.1) is 28.5 Å². The van der Waals surface area contributed by atoms with Gasteiger partial charge < -0.3 is 5.32 Å². The van der Waals surface area contributed by atoms with Gasteiger partial charge in [-0.2, -0.15) is 0 Å². The Bertz CT molecular complexity index is 1310. The topological polar surface area (TPSA) is 84.0 Å². The number of pyridine rings is 1. The van der Waals surface area contributed by atoms with E-state index in [1.165, 1.54) is 18.3 Å². The molecule has 0 aliphatic heterocycles. The van der Waals surface area contributed by atoms with E-state index in [1.807, 2.05) is 74.7 Å². The van der Waals surface area contributed by atoms with Crippen molar-refractivity contribution in [2.75, 3.05) is 5.32 Å². The number of amides is 2. The summed E-state index contributed by atoms with van der Waals surface area (Å²) < 4.78 is 0. The van der Waals surface area contributed by atoms with Crippen molar-refractivity contribution < 1.29 is 9.59 Å². The lowest BCUT2D eigenvalue weighted by molar-refractivity contribution is -0.119. The Labute approximate surface area is 190 Å². The zero-order valence-electron chi connectivity index (χ0n) is 18.4. The van der Waals surface area contributed by atoms with Gasteiger partial charge in [-0.1, -0.05) is 35.9 Å². The summed E-state index contributed by atoms with van der Waals surface area (Å²) in [6, 6.07) is 15.7. The van der Waals surface area contributed by atoms with E-state index in [-0.39, 0.29) is 17.9 Å². The number of anilines is 1. The minimum atomic E-state index is -0.223. The van der Waals surface area contributed by atoms with Crippen molar-refractivity contribution in [3.63, 3.8) is 0 Å². The van der Waals surface area contributed by atoms with Crippen LogP contribution < -0.4 is 10.6 Å². The van der Waals surface area contributed by atoms with E-state index in [0.29, 0.717) is 16.4 Å². The monoisotopic (exact) mass is 444 g/mol. The lowest BCUT2D eigenvalue weighted by Gasteiger charge is -2.13. The average molecular weight is 445 g/mol. The Hall–Kier alpha value is -3.58. The molecule has 0 aliphatic rings. The summed E-state index contributed by atoms with van der Waals surface area (Å²) in [5.41, 5.74) is 5.96. The number of aromatic nitrogens is 2. The Kier molecular flexibility index (Phi) is 6.01. The second-order valence-electron chi connectivity index (χ2n) is 7.85. The predicted octanol–water partition coefficient (Wildman–Crippen LogP) is 5.42. The molecule has 0 fully saturated rings. The number of aryl methyl sites for hydroxylation is 2. The van der Waals surface area contributed by atoms with Gasteiger partial charge in [0.25, 0.3) is 5.91 Å². The van der Waals surface area contributed by atoms with Gasteiger partial charge in [-0.25, -0.2) is 4.98 Å². The van der Waals surface area contributed by atoms with Crippen LogP contribution in [0.5, 0.6) is 0 Å². The van der Waals surface area contributed by atoms with Gasteiger partial charge in [-0.05, 0) is 44.5 Å². The Morgan fingerprint density at radius 2 is 1.75 bits per heavy atom. The molecular formula is C25H24N4O2S. The number of hydrogen-bond donors (Lipinski definition) is 2. The molecule has 6 nitrogen and oxygen atoms in total. The number of carbonyl (C=O) groups is 2. The molecule has 7 heteroatoms. The van der Waals surface area contributed by atoms with Crippen LogP contribution in [0.4, 0.5) is 5.13 Å². The van der Waals surface area contributed by atoms with Crippen molar-refractivity contribution in [3.8, 4) is 11.3 Å². The predicted molar refractivity (Wildman–Crippen MR) is 129 cm³/mol. The summed E-state index contributed by atoms with van der Waals surface area (Å²) >= 11 is 1.38. The Balaban J connectivity index is 1.51. The van der Waals surface area contributed by atoms with Crippen molar-refractivity contribution >= 4 is 39.2 Å². The molecule has 2 aromatic heterocycles. The highest BCUT2D eigenvalue weighted by Gasteiger charge is 2.15. The molecule has 2 amide bonds. The van der Waals surface area contributed by atoms with Gasteiger partial charge in [-0.3, -0.25) is 19.9 Å². The number of carbonyl (C=O) groups excluding carboxylic acids is 2. The lowest BCUT2D eigenvalue weighted by Crippen LogP contribution is -2.23. The summed E-state index contributed by atoms with van der Waals surface area (Å²) in [7, 11) is 0. The molecule has 2 aromatic carbocycles. The number of nitrogens with zero attached hydrogens (tertiary/aromatic N) is 2. The molecule has 0 aliphatic carbocycles. The molecule has 4 aromatic rings. The molecule has 0 saturated carbocycles. The highest BCUT2D eigenvalue weighted by molar-refractivity contribution is 7.14. The maximum absolute atomic E-state index is 12.9. The minimum Gasteiger partial charge on any atom is -0.350 e. The number of fused-ring (bicyclic) bond motifs is 1. The van der Waals surface area contributed by atoms with Crippen LogP contribution in [0.1, 0.15) is 47.1 Å². The van der Waals surface area contributed by atoms with E-state index < -0.39 is 0 Å². The zero-order valence-corrected chi connectivity index (χ0v) is 19.2. The maximum Gasteiger partial charge on any atom is 0.259 e. The summed E-state index contributed by atoms with van der Waals surface area (Å²) in [5.74, 6) is -0.285. The molecule has 0 radical (unpaired) electrons. The molecule has 162 valence electrons. The van der Waals surface area contributed by atoms with Crippen molar-refractivity contribution in [3.05, 3.63) is 76.3 Å². The van der Waals surface area contributed by atoms with Crippen LogP contribution in [-0.4, -0.2) is 21.8 Å². The normalized spacial score (nSPS) is 11.9. The molecule has 1 unspecified atom stereocenters. The fraction of sp³-hybridized carbons (Fsp3) is 0.200. The fourth-order valence-electron chi connectivity index (χ4n) is 3.58. The van der Waals surface area contributed by atoms with Gasteiger partial charge in [0.1, 0.15) is 0 Å². The van der Waals surface area contributed by atoms with E-state index in [0.717, 1.165) is 33.3 Å². The largest absolute Gasteiger partial charge is 0.350 e. The van der Waals surface area contributed by atoms with Crippen LogP contribution in [0.15, 0.2) is 53.9 Å². The van der Waals surface area contributed by atoms with Gasteiger partial charge in [0, 0.05) is 23.3 Å². The molecular weight excluding hydrogens is 420 g/mol. The van der Waals surface area contributed by atoms with Gasteiger partial charge >= 0.3 is 0 Å². The average Bonchev–Trinajstić information content (AvgIpc) is 3.21. The highest BCUT2D eigenvalue weighted by atomic mass is 32.1. The first-order chi connectivity index (χ1) is 15.3. The molecule has 4 rings (SSSR count). The quantitative estimate of drug-likeness (QED) is 0.430. The minimum absolute atomic E-state index is 0.0607. The number of rotatable bonds is 5. The molecule has 2 N–H and O–H groups in total. The number of thiazole rings is 1. The van der Waals surface area contributed by atoms with Crippen molar-refractivity contribution in [2.24, 2.45) is 0 Å². The first kappa shape index (κ1) is 21.6. The third-order valence-electron chi connectivity index (χ3n) is 5.26. The molecule has 1 atom stereocenters. The second-order valence-corrected chi connectivity index (χ2v) is 8.71. The summed E-state index contributed by atoms with van der Waals surface area (Å²) in [4.78, 5) is 33.3. The molecule has 0 saturated heterocycles. The van der Waals surface area contributed by atoms with Crippen LogP contribution in [0, 0.1) is 13.8 Å². The Morgan fingerprint density at radius 3 is 2.47 bits per heavy atom. The second kappa shape index (κ2) is 8.88. The van der Waals surface area contributed by atoms with E-state index >= 15 is 0 Å². The van der Waals surface area contributed by atoms with Crippen LogP contribution >= 0.6 is 11.3 Å². The van der Waals surface area contributed by atoms with Crippen molar-refractivity contribution in [1.29, 1.82) is 0 Å². The summed E-state index contributed by atoms with van der Waals surface area (Å²) in [6.45, 7) is 7.30. The molecule has 0 bridgehead atoms. The van der Waals surface area contributed by atoms with E-state index in [9.17, 15) is 9.59 Å². The van der Waals surface area contributed by atoms with Gasteiger partial charge in [-0.15, -0.1) is 11.3 Å². The third-order valence-corrected chi connectivity index (χ3v) is 6.01. The van der Waals surface area contributed by atoms with Crippen molar-refractivity contribution in [2.45, 2.75) is 33.7 Å². The molecule has 0 spiro atoms. The number of nitrogens with one attached hydrogen (secondary N) is 2. The SMILES string of the molecule is CC(=O)NC(C)c1ccc(-c2csc(NC(=O)c3cc4cc(C)ccc4nc3C)n2)cc1. The zero-order chi connectivity index (χ0) is 22.8. The standard InChI is InChI=1S/C25H24N4O2S/c1-14-5-10-22-20(11-14)12-21(16(3)27-22)24(31)29-25-28-23(13-32-25)19-8-6-18(7-9-19)15(2)26-17(4)30/h5-13,15H,1-4H3,(H,26,30)(H,28,29,31). The molecule has 2 heterocycles. The van der Waals surface area contributed by atoms with Crippen LogP contribution in [0.3, 0.4) is 0 Å². The first-order valence-corrected chi connectivity index (χ1v) is 11.2. The van der Waals surface area contributed by atoms with E-state index in [1.54, 1.807) is 0 Å². The Morgan fingerprint density at radius 1 is 1.00 bits per heavy atom. The van der Waals surface area contributed by atoms with E-state index in [4.69, 9.17) is 0 Å². The van der Waals surface area contributed by atoms with Gasteiger partial charge in [0.2, 0.25) is 5.91 Å². The summed E-state index contributed by atoms with van der Waals surface area (Å²) in [5, 5.41) is 9.16. The maximum atomic E-state index is 12.9. The van der Waals surface area contributed by atoms with Crippen LogP contribution in [0.2, 0.25) is 0 Å². The summed E-state index contributed by atoms with van der Waals surface area (Å²) in [6.07, 6.45) is 0. The van der Waals surface area contributed by atoms with E-state index in [2.05, 4.69) is 20.6 Å². The number of benzene rings is 2. The number of hydrogen-bond acceptors (Lipinski definition) is 5.